The average Bonchev–Trinajstić information content (AvgIpc) is 2.67. The van der Waals surface area contributed by atoms with Crippen molar-refractivity contribution in [2.75, 3.05) is 19.6 Å². The maximum absolute atomic E-state index is 13.2. The third-order valence-corrected chi connectivity index (χ3v) is 5.92. The lowest BCUT2D eigenvalue weighted by Crippen LogP contribution is -2.41. The Morgan fingerprint density at radius 1 is 1.19 bits per heavy atom. The van der Waals surface area contributed by atoms with Crippen molar-refractivity contribution in [1.29, 1.82) is 0 Å². The van der Waals surface area contributed by atoms with Crippen molar-refractivity contribution in [3.63, 3.8) is 0 Å². The molecule has 2 aromatic rings. The van der Waals surface area contributed by atoms with Crippen LogP contribution in [0.1, 0.15) is 23.2 Å². The number of carbonyl (C=O) groups is 1. The van der Waals surface area contributed by atoms with Gasteiger partial charge in [-0.05, 0) is 49.1 Å². The number of hydrogen-bond donors (Lipinski definition) is 1. The first kappa shape index (κ1) is 18.5. The molecule has 8 heteroatoms. The van der Waals surface area contributed by atoms with Gasteiger partial charge in [-0.3, -0.25) is 9.78 Å². The molecular weight excluding hydrogens is 357 g/mol. The van der Waals surface area contributed by atoms with Crippen LogP contribution in [-0.4, -0.2) is 43.8 Å². The standard InChI is InChI=1S/C18H20FN3O3S/c19-16-2-1-3-17(12-16)26(24,25)21-13-14-6-10-22(11-7-14)18(23)15-4-8-20-9-5-15/h1-5,8-9,12,14,21H,6-7,10-11,13H2. The van der Waals surface area contributed by atoms with E-state index < -0.39 is 15.8 Å². The lowest BCUT2D eigenvalue weighted by Gasteiger charge is -2.32. The number of sulfonamides is 1. The predicted octanol–water partition coefficient (Wildman–Crippen LogP) is 2.05. The molecule has 0 unspecified atom stereocenters. The maximum atomic E-state index is 13.2. The molecule has 0 atom stereocenters. The summed E-state index contributed by atoms with van der Waals surface area (Å²) < 4.78 is 40.2. The van der Waals surface area contributed by atoms with Crippen LogP contribution in [0.2, 0.25) is 0 Å². The van der Waals surface area contributed by atoms with Crippen LogP contribution in [0.25, 0.3) is 0 Å². The first-order valence-corrected chi connectivity index (χ1v) is 9.88. The van der Waals surface area contributed by atoms with E-state index in [0.717, 1.165) is 6.07 Å². The predicted molar refractivity (Wildman–Crippen MR) is 94.5 cm³/mol. The fourth-order valence-corrected chi connectivity index (χ4v) is 4.11. The van der Waals surface area contributed by atoms with Crippen molar-refractivity contribution in [1.82, 2.24) is 14.6 Å². The molecule has 1 amide bonds. The van der Waals surface area contributed by atoms with Gasteiger partial charge in [0.2, 0.25) is 10.0 Å². The number of aromatic nitrogens is 1. The van der Waals surface area contributed by atoms with E-state index in [4.69, 9.17) is 0 Å². The highest BCUT2D eigenvalue weighted by molar-refractivity contribution is 7.89. The van der Waals surface area contributed by atoms with Gasteiger partial charge >= 0.3 is 0 Å². The fraction of sp³-hybridized carbons (Fsp3) is 0.333. The Kier molecular flexibility index (Phi) is 5.63. The number of nitrogens with zero attached hydrogens (tertiary/aromatic N) is 2. The van der Waals surface area contributed by atoms with Crippen LogP contribution >= 0.6 is 0 Å². The number of hydrogen-bond acceptors (Lipinski definition) is 4. The Bertz CT molecular complexity index is 866. The molecule has 26 heavy (non-hydrogen) atoms. The van der Waals surface area contributed by atoms with Gasteiger partial charge in [-0.15, -0.1) is 0 Å². The number of carbonyl (C=O) groups excluding carboxylic acids is 1. The molecule has 1 aliphatic rings. The molecule has 0 spiro atoms. The van der Waals surface area contributed by atoms with E-state index in [1.165, 1.54) is 18.2 Å². The van der Waals surface area contributed by atoms with Gasteiger partial charge in [-0.1, -0.05) is 6.07 Å². The number of piperidine rings is 1. The SMILES string of the molecule is O=C(c1ccncc1)N1CCC(CNS(=O)(=O)c2cccc(F)c2)CC1. The smallest absolute Gasteiger partial charge is 0.253 e. The highest BCUT2D eigenvalue weighted by Gasteiger charge is 2.25. The molecule has 0 bridgehead atoms. The van der Waals surface area contributed by atoms with E-state index in [1.54, 1.807) is 29.4 Å². The van der Waals surface area contributed by atoms with Crippen molar-refractivity contribution >= 4 is 15.9 Å². The Hall–Kier alpha value is -2.32. The van der Waals surface area contributed by atoms with E-state index in [2.05, 4.69) is 9.71 Å². The Morgan fingerprint density at radius 3 is 2.54 bits per heavy atom. The summed E-state index contributed by atoms with van der Waals surface area (Å²) in [5, 5.41) is 0. The molecule has 1 aromatic carbocycles. The zero-order valence-corrected chi connectivity index (χ0v) is 15.0. The highest BCUT2D eigenvalue weighted by atomic mass is 32.2. The van der Waals surface area contributed by atoms with Gasteiger partial charge < -0.3 is 4.90 Å². The van der Waals surface area contributed by atoms with Crippen molar-refractivity contribution in [2.45, 2.75) is 17.7 Å². The third kappa shape index (κ3) is 4.44. The highest BCUT2D eigenvalue weighted by Crippen LogP contribution is 2.19. The van der Waals surface area contributed by atoms with Crippen LogP contribution < -0.4 is 4.72 Å². The molecule has 6 nitrogen and oxygen atoms in total. The molecule has 3 rings (SSSR count). The Balaban J connectivity index is 1.52. The molecule has 1 fully saturated rings. The summed E-state index contributed by atoms with van der Waals surface area (Å²) in [5.41, 5.74) is 0.602. The van der Waals surface area contributed by atoms with E-state index >= 15 is 0 Å². The fourth-order valence-electron chi connectivity index (χ4n) is 2.96. The number of amides is 1. The number of halogens is 1. The first-order valence-electron chi connectivity index (χ1n) is 8.40. The van der Waals surface area contributed by atoms with E-state index in [9.17, 15) is 17.6 Å². The molecule has 0 saturated carbocycles. The number of nitrogens with one attached hydrogen (secondary N) is 1. The van der Waals surface area contributed by atoms with Gasteiger partial charge in [-0.2, -0.15) is 0 Å². The summed E-state index contributed by atoms with van der Waals surface area (Å²) in [4.78, 5) is 18.0. The van der Waals surface area contributed by atoms with Crippen molar-refractivity contribution < 1.29 is 17.6 Å². The van der Waals surface area contributed by atoms with E-state index in [-0.39, 0.29) is 23.3 Å². The summed E-state index contributed by atoms with van der Waals surface area (Å²) >= 11 is 0. The van der Waals surface area contributed by atoms with Crippen LogP contribution in [0.4, 0.5) is 4.39 Å². The second kappa shape index (κ2) is 7.92. The van der Waals surface area contributed by atoms with Gasteiger partial charge in [0, 0.05) is 37.6 Å². The molecule has 1 N–H and O–H groups in total. The summed E-state index contributed by atoms with van der Waals surface area (Å²) in [5.74, 6) is -0.484. The van der Waals surface area contributed by atoms with Crippen molar-refractivity contribution in [3.05, 3.63) is 60.2 Å². The largest absolute Gasteiger partial charge is 0.339 e. The van der Waals surface area contributed by atoms with E-state index in [0.29, 0.717) is 31.5 Å². The van der Waals surface area contributed by atoms with Gasteiger partial charge in [0.25, 0.3) is 5.91 Å². The van der Waals surface area contributed by atoms with Gasteiger partial charge in [-0.25, -0.2) is 17.5 Å². The third-order valence-electron chi connectivity index (χ3n) is 4.50. The van der Waals surface area contributed by atoms with E-state index in [1.807, 2.05) is 0 Å². The average molecular weight is 377 g/mol. The number of benzene rings is 1. The quantitative estimate of drug-likeness (QED) is 0.865. The van der Waals surface area contributed by atoms with Crippen LogP contribution in [-0.2, 0) is 10.0 Å². The minimum Gasteiger partial charge on any atom is -0.339 e. The first-order chi connectivity index (χ1) is 12.5. The summed E-state index contributed by atoms with van der Waals surface area (Å²) in [6, 6.07) is 8.30. The van der Waals surface area contributed by atoms with Crippen molar-refractivity contribution in [3.8, 4) is 0 Å². The van der Waals surface area contributed by atoms with Crippen LogP contribution in [0.5, 0.6) is 0 Å². The molecule has 0 aliphatic carbocycles. The topological polar surface area (TPSA) is 79.4 Å². The zero-order chi connectivity index (χ0) is 18.6. The second-order valence-electron chi connectivity index (χ2n) is 6.28. The monoisotopic (exact) mass is 377 g/mol. The number of pyridine rings is 1. The Morgan fingerprint density at radius 2 is 1.88 bits per heavy atom. The molecule has 1 aliphatic heterocycles. The van der Waals surface area contributed by atoms with Crippen LogP contribution in [0.3, 0.4) is 0 Å². The zero-order valence-electron chi connectivity index (χ0n) is 14.1. The number of likely N-dealkylation sites (tertiary alicyclic amines) is 1. The molecule has 1 aromatic heterocycles. The van der Waals surface area contributed by atoms with Crippen LogP contribution in [0, 0.1) is 11.7 Å². The number of rotatable bonds is 5. The summed E-state index contributed by atoms with van der Waals surface area (Å²) in [6.45, 7) is 1.43. The maximum Gasteiger partial charge on any atom is 0.253 e. The van der Waals surface area contributed by atoms with Gasteiger partial charge in [0.05, 0.1) is 4.90 Å². The second-order valence-corrected chi connectivity index (χ2v) is 8.05. The lowest BCUT2D eigenvalue weighted by molar-refractivity contribution is 0.0692. The molecule has 1 saturated heterocycles. The summed E-state index contributed by atoms with van der Waals surface area (Å²) in [7, 11) is -3.73. The van der Waals surface area contributed by atoms with Crippen LogP contribution in [0.15, 0.2) is 53.7 Å². The Labute approximate surface area is 152 Å². The van der Waals surface area contributed by atoms with Crippen molar-refractivity contribution in [2.24, 2.45) is 5.92 Å². The van der Waals surface area contributed by atoms with Gasteiger partial charge in [0.15, 0.2) is 0 Å². The minimum atomic E-state index is -3.73. The normalized spacial score (nSPS) is 15.8. The molecular formula is C18H20FN3O3S. The minimum absolute atomic E-state index is 0.0359. The molecule has 0 radical (unpaired) electrons. The van der Waals surface area contributed by atoms with Gasteiger partial charge in [0.1, 0.15) is 5.82 Å². The molecule has 138 valence electrons. The molecule has 2 heterocycles. The summed E-state index contributed by atoms with van der Waals surface area (Å²) in [6.07, 6.45) is 4.59. The lowest BCUT2D eigenvalue weighted by atomic mass is 9.97.